The number of nitrogens with two attached hydrogens (primary N) is 1. The third-order valence-electron chi connectivity index (χ3n) is 2.76. The number of aryl methyl sites for hydroxylation is 1. The number of benzene rings is 1. The van der Waals surface area contributed by atoms with Crippen molar-refractivity contribution in [1.29, 1.82) is 0 Å². The first-order valence-corrected chi connectivity index (χ1v) is 5.89. The Kier molecular flexibility index (Phi) is 3.90. The standard InChI is InChI=1S/C13H14N4O3/c1-8-3-4-10(17(18)19)6-11(8)13-15-9(7-20-2)5-12(14)16-13/h3-6H,7H2,1-2H3,(H2,14,15,16). The van der Waals surface area contributed by atoms with Gasteiger partial charge in [-0.25, -0.2) is 9.97 Å². The van der Waals surface area contributed by atoms with E-state index in [4.69, 9.17) is 10.5 Å². The fourth-order valence-electron chi connectivity index (χ4n) is 1.83. The number of ether oxygens (including phenoxy) is 1. The molecule has 0 aliphatic carbocycles. The number of hydrogen-bond acceptors (Lipinski definition) is 6. The quantitative estimate of drug-likeness (QED) is 0.676. The maximum Gasteiger partial charge on any atom is 0.270 e. The summed E-state index contributed by atoms with van der Waals surface area (Å²) in [5, 5.41) is 10.9. The van der Waals surface area contributed by atoms with Crippen LogP contribution in [0.3, 0.4) is 0 Å². The van der Waals surface area contributed by atoms with Crippen LogP contribution in [-0.4, -0.2) is 22.0 Å². The molecular weight excluding hydrogens is 260 g/mol. The second-order valence-electron chi connectivity index (χ2n) is 4.30. The molecule has 1 aromatic heterocycles. The molecule has 0 fully saturated rings. The lowest BCUT2D eigenvalue weighted by atomic mass is 10.1. The van der Waals surface area contributed by atoms with Crippen LogP contribution in [0.15, 0.2) is 24.3 Å². The summed E-state index contributed by atoms with van der Waals surface area (Å²) in [6.07, 6.45) is 0. The van der Waals surface area contributed by atoms with Gasteiger partial charge >= 0.3 is 0 Å². The van der Waals surface area contributed by atoms with Crippen molar-refractivity contribution in [2.24, 2.45) is 0 Å². The number of nitro benzene ring substituents is 1. The van der Waals surface area contributed by atoms with Gasteiger partial charge in [0.1, 0.15) is 5.82 Å². The Bertz CT molecular complexity index is 658. The van der Waals surface area contributed by atoms with Gasteiger partial charge in [0.15, 0.2) is 5.82 Å². The number of methoxy groups -OCH3 is 1. The smallest absolute Gasteiger partial charge is 0.270 e. The lowest BCUT2D eigenvalue weighted by Crippen LogP contribution is -2.02. The van der Waals surface area contributed by atoms with Crippen molar-refractivity contribution < 1.29 is 9.66 Å². The largest absolute Gasteiger partial charge is 0.384 e. The number of nitrogen functional groups attached to an aromatic ring is 1. The fraction of sp³-hybridized carbons (Fsp3) is 0.231. The van der Waals surface area contributed by atoms with E-state index in [1.807, 2.05) is 6.92 Å². The third-order valence-corrected chi connectivity index (χ3v) is 2.76. The first-order valence-electron chi connectivity index (χ1n) is 5.89. The zero-order valence-corrected chi connectivity index (χ0v) is 11.2. The molecular formula is C13H14N4O3. The minimum Gasteiger partial charge on any atom is -0.384 e. The number of hydrogen-bond donors (Lipinski definition) is 1. The molecule has 7 nitrogen and oxygen atoms in total. The number of rotatable bonds is 4. The summed E-state index contributed by atoms with van der Waals surface area (Å²) in [4.78, 5) is 18.9. The molecule has 0 saturated carbocycles. The summed E-state index contributed by atoms with van der Waals surface area (Å²) in [5.74, 6) is 0.659. The molecule has 0 amide bonds. The summed E-state index contributed by atoms with van der Waals surface area (Å²) >= 11 is 0. The number of non-ortho nitro benzene ring substituents is 1. The highest BCUT2D eigenvalue weighted by molar-refractivity contribution is 5.64. The van der Waals surface area contributed by atoms with Crippen molar-refractivity contribution >= 4 is 11.5 Å². The van der Waals surface area contributed by atoms with Crippen molar-refractivity contribution in [3.8, 4) is 11.4 Å². The molecule has 0 atom stereocenters. The maximum absolute atomic E-state index is 10.9. The predicted octanol–water partition coefficient (Wildman–Crippen LogP) is 2.09. The molecule has 2 aromatic rings. The Hall–Kier alpha value is -2.54. The van der Waals surface area contributed by atoms with Gasteiger partial charge in [0.05, 0.1) is 17.2 Å². The number of aromatic nitrogens is 2. The van der Waals surface area contributed by atoms with Crippen LogP contribution in [-0.2, 0) is 11.3 Å². The highest BCUT2D eigenvalue weighted by atomic mass is 16.6. The Balaban J connectivity index is 2.55. The summed E-state index contributed by atoms with van der Waals surface area (Å²) in [5.41, 5.74) is 7.78. The lowest BCUT2D eigenvalue weighted by Gasteiger charge is -2.07. The van der Waals surface area contributed by atoms with Gasteiger partial charge in [0.25, 0.3) is 5.69 Å². The monoisotopic (exact) mass is 274 g/mol. The van der Waals surface area contributed by atoms with Gasteiger partial charge in [-0.15, -0.1) is 0 Å². The minimum atomic E-state index is -0.453. The van der Waals surface area contributed by atoms with Crippen LogP contribution in [0.2, 0.25) is 0 Å². The first kappa shape index (κ1) is 13.9. The van der Waals surface area contributed by atoms with E-state index in [1.165, 1.54) is 12.1 Å². The van der Waals surface area contributed by atoms with E-state index in [0.29, 0.717) is 29.5 Å². The average molecular weight is 274 g/mol. The van der Waals surface area contributed by atoms with Crippen molar-refractivity contribution in [2.45, 2.75) is 13.5 Å². The van der Waals surface area contributed by atoms with Crippen molar-refractivity contribution in [2.75, 3.05) is 12.8 Å². The Morgan fingerprint density at radius 2 is 2.10 bits per heavy atom. The van der Waals surface area contributed by atoms with Crippen LogP contribution in [0, 0.1) is 17.0 Å². The average Bonchev–Trinajstić information content (AvgIpc) is 2.38. The Morgan fingerprint density at radius 3 is 2.75 bits per heavy atom. The van der Waals surface area contributed by atoms with Crippen molar-refractivity contribution in [3.05, 3.63) is 45.6 Å². The predicted molar refractivity (Wildman–Crippen MR) is 74.0 cm³/mol. The van der Waals surface area contributed by atoms with Crippen LogP contribution in [0.5, 0.6) is 0 Å². The van der Waals surface area contributed by atoms with E-state index >= 15 is 0 Å². The summed E-state index contributed by atoms with van der Waals surface area (Å²) in [6.45, 7) is 2.13. The van der Waals surface area contributed by atoms with Crippen LogP contribution in [0.4, 0.5) is 11.5 Å². The normalized spacial score (nSPS) is 10.5. The van der Waals surface area contributed by atoms with Crippen LogP contribution in [0.25, 0.3) is 11.4 Å². The zero-order valence-electron chi connectivity index (χ0n) is 11.2. The molecule has 2 rings (SSSR count). The van der Waals surface area contributed by atoms with E-state index in [1.54, 1.807) is 19.2 Å². The van der Waals surface area contributed by atoms with Crippen molar-refractivity contribution in [3.63, 3.8) is 0 Å². The summed E-state index contributed by atoms with van der Waals surface area (Å²) in [6, 6.07) is 6.16. The molecule has 0 spiro atoms. The van der Waals surface area contributed by atoms with E-state index in [0.717, 1.165) is 5.56 Å². The molecule has 0 saturated heterocycles. The summed E-state index contributed by atoms with van der Waals surface area (Å²) < 4.78 is 5.01. The van der Waals surface area contributed by atoms with Gasteiger partial charge in [0, 0.05) is 30.9 Å². The van der Waals surface area contributed by atoms with Gasteiger partial charge in [-0.05, 0) is 12.5 Å². The summed E-state index contributed by atoms with van der Waals surface area (Å²) in [7, 11) is 1.55. The molecule has 0 aliphatic rings. The van der Waals surface area contributed by atoms with Crippen LogP contribution in [0.1, 0.15) is 11.3 Å². The Morgan fingerprint density at radius 1 is 1.35 bits per heavy atom. The highest BCUT2D eigenvalue weighted by Crippen LogP contribution is 2.26. The number of nitrogens with zero attached hydrogens (tertiary/aromatic N) is 3. The molecule has 1 heterocycles. The molecule has 1 aromatic carbocycles. The fourth-order valence-corrected chi connectivity index (χ4v) is 1.83. The second kappa shape index (κ2) is 5.62. The molecule has 0 aliphatic heterocycles. The number of anilines is 1. The van der Waals surface area contributed by atoms with Gasteiger partial charge in [-0.3, -0.25) is 10.1 Å². The van der Waals surface area contributed by atoms with E-state index in [9.17, 15) is 10.1 Å². The van der Waals surface area contributed by atoms with E-state index in [-0.39, 0.29) is 5.69 Å². The molecule has 20 heavy (non-hydrogen) atoms. The van der Waals surface area contributed by atoms with Gasteiger partial charge in [-0.2, -0.15) is 0 Å². The van der Waals surface area contributed by atoms with Gasteiger partial charge in [-0.1, -0.05) is 6.07 Å². The van der Waals surface area contributed by atoms with Crippen LogP contribution >= 0.6 is 0 Å². The first-order chi connectivity index (χ1) is 9.51. The second-order valence-corrected chi connectivity index (χ2v) is 4.30. The Labute approximate surface area is 115 Å². The van der Waals surface area contributed by atoms with Crippen LogP contribution < -0.4 is 5.73 Å². The topological polar surface area (TPSA) is 104 Å². The molecule has 7 heteroatoms. The van der Waals surface area contributed by atoms with Gasteiger partial charge in [0.2, 0.25) is 0 Å². The minimum absolute atomic E-state index is 0.00934. The highest BCUT2D eigenvalue weighted by Gasteiger charge is 2.13. The lowest BCUT2D eigenvalue weighted by molar-refractivity contribution is -0.384. The molecule has 0 radical (unpaired) electrons. The van der Waals surface area contributed by atoms with Crippen molar-refractivity contribution in [1.82, 2.24) is 9.97 Å². The number of nitro groups is 1. The molecule has 104 valence electrons. The molecule has 0 unspecified atom stereocenters. The zero-order chi connectivity index (χ0) is 14.7. The van der Waals surface area contributed by atoms with E-state index in [2.05, 4.69) is 9.97 Å². The molecule has 0 bridgehead atoms. The third kappa shape index (κ3) is 2.89. The van der Waals surface area contributed by atoms with Gasteiger partial charge < -0.3 is 10.5 Å². The SMILES string of the molecule is COCc1cc(N)nc(-c2cc([N+](=O)[O-])ccc2C)n1. The molecule has 2 N–H and O–H groups in total. The maximum atomic E-state index is 10.9. The van der Waals surface area contributed by atoms with E-state index < -0.39 is 4.92 Å².